The first-order valence-electron chi connectivity index (χ1n) is 5.60. The molecule has 1 aromatic heterocycles. The number of pyridine rings is 1. The van der Waals surface area contributed by atoms with Gasteiger partial charge in [0.25, 0.3) is 5.91 Å². The SMILES string of the molecule is Cc1cc(C(=O)NC2(C(=O)O)CCSC2)ccn1. The number of carboxylic acids is 1. The van der Waals surface area contributed by atoms with Gasteiger partial charge in [0.05, 0.1) is 0 Å². The average molecular weight is 266 g/mol. The molecule has 1 atom stereocenters. The zero-order valence-electron chi connectivity index (χ0n) is 9.97. The molecule has 0 radical (unpaired) electrons. The molecule has 1 aliphatic rings. The molecule has 1 aliphatic heterocycles. The monoisotopic (exact) mass is 266 g/mol. The first-order chi connectivity index (χ1) is 8.53. The standard InChI is InChI=1S/C12H14N2O3S/c1-8-6-9(2-4-13-8)10(15)14-12(11(16)17)3-5-18-7-12/h2,4,6H,3,5,7H2,1H3,(H,14,15)(H,16,17). The Hall–Kier alpha value is -1.56. The number of nitrogens with one attached hydrogen (secondary N) is 1. The van der Waals surface area contributed by atoms with Crippen molar-refractivity contribution in [2.75, 3.05) is 11.5 Å². The minimum absolute atomic E-state index is 0.356. The third-order valence-corrected chi connectivity index (χ3v) is 4.13. The number of rotatable bonds is 3. The van der Waals surface area contributed by atoms with Crippen molar-refractivity contribution in [2.24, 2.45) is 0 Å². The minimum atomic E-state index is -1.13. The predicted molar refractivity (Wildman–Crippen MR) is 68.7 cm³/mol. The minimum Gasteiger partial charge on any atom is -0.479 e. The van der Waals surface area contributed by atoms with Crippen LogP contribution in [0.2, 0.25) is 0 Å². The first-order valence-corrected chi connectivity index (χ1v) is 6.75. The normalized spacial score (nSPS) is 22.7. The third-order valence-electron chi connectivity index (χ3n) is 2.94. The predicted octanol–water partition coefficient (Wildman–Crippen LogP) is 1.08. The molecule has 0 bridgehead atoms. The van der Waals surface area contributed by atoms with Crippen molar-refractivity contribution in [2.45, 2.75) is 18.9 Å². The summed E-state index contributed by atoms with van der Waals surface area (Å²) in [5, 5.41) is 11.9. The van der Waals surface area contributed by atoms with E-state index >= 15 is 0 Å². The summed E-state index contributed by atoms with van der Waals surface area (Å²) in [5.41, 5.74) is 0.0479. The highest BCUT2D eigenvalue weighted by atomic mass is 32.2. The van der Waals surface area contributed by atoms with Crippen molar-refractivity contribution in [3.05, 3.63) is 29.6 Å². The molecule has 1 amide bonds. The smallest absolute Gasteiger partial charge is 0.330 e. The molecule has 96 valence electrons. The van der Waals surface area contributed by atoms with E-state index in [9.17, 15) is 14.7 Å². The fraction of sp³-hybridized carbons (Fsp3) is 0.417. The van der Waals surface area contributed by atoms with Crippen LogP contribution in [0.5, 0.6) is 0 Å². The lowest BCUT2D eigenvalue weighted by molar-refractivity contribution is -0.143. The lowest BCUT2D eigenvalue weighted by atomic mass is 9.98. The van der Waals surface area contributed by atoms with E-state index in [0.717, 1.165) is 11.4 Å². The summed E-state index contributed by atoms with van der Waals surface area (Å²) in [5.74, 6) is -0.155. The molecule has 1 aromatic rings. The molecule has 0 spiro atoms. The Morgan fingerprint density at radius 2 is 2.33 bits per heavy atom. The van der Waals surface area contributed by atoms with Crippen LogP contribution in [0.15, 0.2) is 18.3 Å². The number of carboxylic acid groups (broad SMARTS) is 1. The van der Waals surface area contributed by atoms with Crippen LogP contribution in [0.4, 0.5) is 0 Å². The van der Waals surface area contributed by atoms with E-state index in [1.807, 2.05) is 0 Å². The van der Waals surface area contributed by atoms with Crippen molar-refractivity contribution in [3.63, 3.8) is 0 Å². The molecule has 1 unspecified atom stereocenters. The maximum atomic E-state index is 12.1. The van der Waals surface area contributed by atoms with E-state index in [1.165, 1.54) is 0 Å². The van der Waals surface area contributed by atoms with Crippen LogP contribution in [0, 0.1) is 6.92 Å². The molecule has 0 saturated carbocycles. The van der Waals surface area contributed by atoms with E-state index < -0.39 is 11.5 Å². The Bertz CT molecular complexity index is 484. The second kappa shape index (κ2) is 4.97. The van der Waals surface area contributed by atoms with Gasteiger partial charge < -0.3 is 10.4 Å². The Balaban J connectivity index is 2.18. The molecular weight excluding hydrogens is 252 g/mol. The van der Waals surface area contributed by atoms with Gasteiger partial charge in [-0.3, -0.25) is 9.78 Å². The van der Waals surface area contributed by atoms with Crippen molar-refractivity contribution >= 4 is 23.6 Å². The van der Waals surface area contributed by atoms with Gasteiger partial charge >= 0.3 is 5.97 Å². The maximum absolute atomic E-state index is 12.1. The fourth-order valence-electron chi connectivity index (χ4n) is 1.86. The van der Waals surface area contributed by atoms with Crippen LogP contribution in [0.3, 0.4) is 0 Å². The van der Waals surface area contributed by atoms with Crippen LogP contribution in [-0.4, -0.2) is 39.0 Å². The summed E-state index contributed by atoms with van der Waals surface area (Å²) in [6, 6.07) is 3.23. The topological polar surface area (TPSA) is 79.3 Å². The highest BCUT2D eigenvalue weighted by molar-refractivity contribution is 7.99. The molecule has 6 heteroatoms. The highest BCUT2D eigenvalue weighted by Gasteiger charge is 2.43. The van der Waals surface area contributed by atoms with E-state index in [2.05, 4.69) is 10.3 Å². The molecule has 2 rings (SSSR count). The zero-order chi connectivity index (χ0) is 13.2. The Kier molecular flexibility index (Phi) is 3.56. The van der Waals surface area contributed by atoms with Crippen LogP contribution in [-0.2, 0) is 4.79 Å². The molecule has 2 N–H and O–H groups in total. The lowest BCUT2D eigenvalue weighted by Gasteiger charge is -2.24. The number of hydrogen-bond donors (Lipinski definition) is 2. The molecule has 5 nitrogen and oxygen atoms in total. The molecule has 2 heterocycles. The van der Waals surface area contributed by atoms with Gasteiger partial charge in [0.15, 0.2) is 0 Å². The van der Waals surface area contributed by atoms with Crippen molar-refractivity contribution in [3.8, 4) is 0 Å². The summed E-state index contributed by atoms with van der Waals surface area (Å²) in [6.07, 6.45) is 2.00. The number of carbonyl (C=O) groups is 2. The lowest BCUT2D eigenvalue weighted by Crippen LogP contribution is -2.54. The summed E-state index contributed by atoms with van der Waals surface area (Å²) < 4.78 is 0. The van der Waals surface area contributed by atoms with Gasteiger partial charge in [-0.05, 0) is 31.2 Å². The van der Waals surface area contributed by atoms with E-state index in [4.69, 9.17) is 0 Å². The van der Waals surface area contributed by atoms with E-state index in [1.54, 1.807) is 37.0 Å². The maximum Gasteiger partial charge on any atom is 0.330 e. The summed E-state index contributed by atoms with van der Waals surface area (Å²) >= 11 is 1.54. The van der Waals surface area contributed by atoms with Gasteiger partial charge in [-0.25, -0.2) is 4.79 Å². The Morgan fingerprint density at radius 3 is 2.89 bits per heavy atom. The van der Waals surface area contributed by atoms with Gasteiger partial charge in [0, 0.05) is 23.2 Å². The van der Waals surface area contributed by atoms with Gasteiger partial charge in [-0.2, -0.15) is 11.8 Å². The van der Waals surface area contributed by atoms with Crippen molar-refractivity contribution < 1.29 is 14.7 Å². The molecule has 0 aromatic carbocycles. The number of nitrogens with zero attached hydrogens (tertiary/aromatic N) is 1. The molecule has 0 aliphatic carbocycles. The van der Waals surface area contributed by atoms with Gasteiger partial charge in [0.2, 0.25) is 0 Å². The van der Waals surface area contributed by atoms with Gasteiger partial charge in [-0.15, -0.1) is 0 Å². The number of aromatic nitrogens is 1. The number of thioether (sulfide) groups is 1. The summed E-state index contributed by atoms with van der Waals surface area (Å²) in [4.78, 5) is 27.4. The summed E-state index contributed by atoms with van der Waals surface area (Å²) in [7, 11) is 0. The number of aryl methyl sites for hydroxylation is 1. The first kappa shape index (κ1) is 12.9. The zero-order valence-corrected chi connectivity index (χ0v) is 10.8. The van der Waals surface area contributed by atoms with Gasteiger partial charge in [-0.1, -0.05) is 0 Å². The fourth-order valence-corrected chi connectivity index (χ4v) is 3.19. The Morgan fingerprint density at radius 1 is 1.56 bits per heavy atom. The average Bonchev–Trinajstić information content (AvgIpc) is 2.79. The number of hydrogen-bond acceptors (Lipinski definition) is 4. The van der Waals surface area contributed by atoms with Crippen LogP contribution >= 0.6 is 11.8 Å². The molecule has 18 heavy (non-hydrogen) atoms. The Labute approximate surface area is 109 Å². The molecule has 1 fully saturated rings. The second-order valence-electron chi connectivity index (χ2n) is 4.33. The van der Waals surface area contributed by atoms with Crippen LogP contribution in [0.1, 0.15) is 22.5 Å². The highest BCUT2D eigenvalue weighted by Crippen LogP contribution is 2.28. The summed E-state index contributed by atoms with van der Waals surface area (Å²) in [6.45, 7) is 1.79. The number of carbonyl (C=O) groups excluding carboxylic acids is 1. The van der Waals surface area contributed by atoms with E-state index in [-0.39, 0.29) is 5.91 Å². The third kappa shape index (κ3) is 2.48. The van der Waals surface area contributed by atoms with Crippen molar-refractivity contribution in [1.82, 2.24) is 10.3 Å². The van der Waals surface area contributed by atoms with Crippen LogP contribution in [0.25, 0.3) is 0 Å². The number of aliphatic carboxylic acids is 1. The van der Waals surface area contributed by atoms with Gasteiger partial charge in [0.1, 0.15) is 5.54 Å². The largest absolute Gasteiger partial charge is 0.479 e. The quantitative estimate of drug-likeness (QED) is 0.856. The number of amides is 1. The second-order valence-corrected chi connectivity index (χ2v) is 5.44. The van der Waals surface area contributed by atoms with Crippen LogP contribution < -0.4 is 5.32 Å². The molecular formula is C12H14N2O3S. The van der Waals surface area contributed by atoms with E-state index in [0.29, 0.717) is 17.7 Å². The molecule has 1 saturated heterocycles. The van der Waals surface area contributed by atoms with Crippen molar-refractivity contribution in [1.29, 1.82) is 0 Å².